The molecule has 0 aliphatic carbocycles. The van der Waals surface area contributed by atoms with Crippen molar-refractivity contribution in [2.75, 3.05) is 31.9 Å². The Balaban J connectivity index is 0.000000123. The summed E-state index contributed by atoms with van der Waals surface area (Å²) in [5.41, 5.74) is 32.1. The minimum Gasteiger partial charge on any atom is -0.375 e. The summed E-state index contributed by atoms with van der Waals surface area (Å²) in [7, 11) is 0. The van der Waals surface area contributed by atoms with Gasteiger partial charge in [-0.25, -0.2) is 19.9 Å². The molecular formula is C96H100N20O4S4. The van der Waals surface area contributed by atoms with Gasteiger partial charge in [0, 0.05) is 101 Å². The van der Waals surface area contributed by atoms with Gasteiger partial charge in [-0.05, 0) is 179 Å². The number of anilines is 1. The highest BCUT2D eigenvalue weighted by Crippen LogP contribution is 2.35. The van der Waals surface area contributed by atoms with Crippen LogP contribution in [-0.4, -0.2) is 143 Å². The number of amides is 4. The lowest BCUT2D eigenvalue weighted by Crippen LogP contribution is -2.36. The highest BCUT2D eigenvalue weighted by molar-refractivity contribution is 7.15. The van der Waals surface area contributed by atoms with E-state index in [1.165, 1.54) is 47.5 Å². The second kappa shape index (κ2) is 37.6. The quantitative estimate of drug-likeness (QED) is 0.0887. The predicted octanol–water partition coefficient (Wildman–Crippen LogP) is 17.0. The van der Waals surface area contributed by atoms with E-state index < -0.39 is 0 Å². The first-order chi connectivity index (χ1) is 60.0. The third-order valence-electron chi connectivity index (χ3n) is 23.1. The van der Waals surface area contributed by atoms with Crippen molar-refractivity contribution in [3.8, 4) is 79.2 Å². The fourth-order valence-corrected chi connectivity index (χ4v) is 19.5. The Morgan fingerprint density at radius 2 is 0.694 bits per heavy atom. The zero-order valence-electron chi connectivity index (χ0n) is 71.8. The Morgan fingerprint density at radius 3 is 1.10 bits per heavy atom. The van der Waals surface area contributed by atoms with Gasteiger partial charge in [0.15, 0.2) is 5.13 Å². The lowest BCUT2D eigenvalue weighted by atomic mass is 10.1. The molecule has 4 aromatic carbocycles. The molecule has 0 fully saturated rings. The topological polar surface area (TPSA) is 269 Å². The third-order valence-corrected chi connectivity index (χ3v) is 27.2. The number of hydrogen-bond donors (Lipinski definition) is 1. The molecule has 19 rings (SSSR count). The van der Waals surface area contributed by atoms with E-state index in [4.69, 9.17) is 26.1 Å². The average Bonchev–Trinajstić information content (AvgIpc) is 1.66. The van der Waals surface area contributed by atoms with Crippen molar-refractivity contribution < 1.29 is 19.2 Å². The Hall–Kier alpha value is -12.6. The van der Waals surface area contributed by atoms with Gasteiger partial charge in [-0.3, -0.25) is 52.9 Å². The van der Waals surface area contributed by atoms with Gasteiger partial charge < -0.3 is 25.3 Å². The Bertz CT molecular complexity index is 6110. The lowest BCUT2D eigenvalue weighted by Gasteiger charge is -2.20. The van der Waals surface area contributed by atoms with Crippen molar-refractivity contribution in [3.05, 3.63) is 278 Å². The Morgan fingerprint density at radius 1 is 0.331 bits per heavy atom. The SMILES string of the molecule is CCc1cccc(-c2cc(CC)n(CC(=O)N3Cc4nc(C)sc4C3)n2)c1.Cc1cnc(-c2cc(-c3ccccc3)n(CC(=O)N3CCc4nc(N)sc4CC3)n2)cc1C.Cc1nc2c(s1)CCN(C(=O)Cn1nc(-c3cc(C)c(C)cn3)cc1-c1ccccc1)CC2.Cc1nc2c(s1)CN(C(=O)Cn1nc(-c3cc(C)c(C)cn3)cc1-c1ccccc1)C2. The van der Waals surface area contributed by atoms with Crippen molar-refractivity contribution in [3.63, 3.8) is 0 Å². The first kappa shape index (κ1) is 85.0. The van der Waals surface area contributed by atoms with Gasteiger partial charge in [0.2, 0.25) is 23.6 Å². The minimum atomic E-state index is 0.0442. The van der Waals surface area contributed by atoms with Crippen LogP contribution in [0.3, 0.4) is 0 Å². The molecule has 0 atom stereocenters. The number of benzene rings is 4. The van der Waals surface area contributed by atoms with Gasteiger partial charge in [-0.15, -0.1) is 45.3 Å². The normalized spacial score (nSPS) is 13.3. The maximum absolute atomic E-state index is 13.3. The van der Waals surface area contributed by atoms with Crippen molar-refractivity contribution in [1.29, 1.82) is 0 Å². The van der Waals surface area contributed by atoms with Crippen LogP contribution in [0.2, 0.25) is 0 Å². The molecule has 124 heavy (non-hydrogen) atoms. The fourth-order valence-electron chi connectivity index (χ4n) is 15.8. The molecule has 4 aliphatic heterocycles. The van der Waals surface area contributed by atoms with E-state index in [-0.39, 0.29) is 49.8 Å². The third kappa shape index (κ3) is 19.5. The molecule has 0 saturated carbocycles. The summed E-state index contributed by atoms with van der Waals surface area (Å²) in [6.07, 6.45) is 10.7. The second-order valence-electron chi connectivity index (χ2n) is 31.9. The molecule has 11 aromatic heterocycles. The van der Waals surface area contributed by atoms with Crippen LogP contribution in [0.4, 0.5) is 5.13 Å². The fraction of sp³-hybridized carbons (Fsp3) is 0.302. The molecule has 4 amide bonds. The van der Waals surface area contributed by atoms with E-state index in [1.54, 1.807) is 43.4 Å². The standard InChI is InChI=1S/C26H27N5OS.C25H26N6OS.C24H23N5OS.C21H24N4OS/c1-17-13-22(27-15-18(17)2)23-14-24(20-7-5-4-6-8-20)31(29-23)16-26(32)30-11-9-21-25(10-12-30)33-19(3)28-21;1-16-12-20(27-14-17(16)2)21-13-22(18-6-4-3-5-7-18)31(29-21)15-24(32)30-10-8-19-23(9-11-30)33-25(26)28-19;1-15-9-19(25-11-16(15)2)20-10-22(18-7-5-4-6-8-18)29(27-20)14-24(30)28-12-21-23(13-28)31-17(3)26-21;1-4-15-7-6-8-16(9-15)18-10-17(5-2)25(23-18)13-21(26)24-11-19-20(12-24)27-14(3)22-19/h4-8,13-15H,9-12,16H2,1-3H3;3-7,12-14H,8-11,15H2,1-2H3,(H2,26,28);4-11H,12-14H2,1-3H3;6-10H,4-5,11-13H2,1-3H3. The number of aryl methyl sites for hydroxylation is 11. The van der Waals surface area contributed by atoms with Gasteiger partial charge in [-0.2, -0.15) is 20.4 Å². The number of rotatable bonds is 17. The van der Waals surface area contributed by atoms with Crippen molar-refractivity contribution in [2.45, 2.75) is 167 Å². The second-order valence-corrected chi connectivity index (χ2v) is 36.8. The maximum Gasteiger partial charge on any atom is 0.245 e. The Labute approximate surface area is 738 Å². The zero-order chi connectivity index (χ0) is 86.4. The summed E-state index contributed by atoms with van der Waals surface area (Å²) in [6, 6.07) is 53.0. The molecule has 0 bridgehead atoms. The van der Waals surface area contributed by atoms with Gasteiger partial charge >= 0.3 is 0 Å². The number of nitrogen functional groups attached to an aromatic ring is 1. The van der Waals surface area contributed by atoms with Crippen molar-refractivity contribution in [2.24, 2.45) is 0 Å². The van der Waals surface area contributed by atoms with E-state index in [9.17, 15) is 19.2 Å². The molecule has 15 heterocycles. The summed E-state index contributed by atoms with van der Waals surface area (Å²) >= 11 is 6.64. The van der Waals surface area contributed by atoms with E-state index in [2.05, 4.69) is 113 Å². The van der Waals surface area contributed by atoms with Gasteiger partial charge in [0.25, 0.3) is 0 Å². The van der Waals surface area contributed by atoms with Crippen LogP contribution in [0, 0.1) is 62.3 Å². The molecule has 28 heteroatoms. The van der Waals surface area contributed by atoms with Gasteiger partial charge in [0.1, 0.15) is 43.3 Å². The van der Waals surface area contributed by atoms with E-state index >= 15 is 0 Å². The molecule has 15 aromatic rings. The highest BCUT2D eigenvalue weighted by atomic mass is 32.1. The van der Waals surface area contributed by atoms with E-state index in [1.807, 2.05) is 203 Å². The largest absolute Gasteiger partial charge is 0.375 e. The number of aromatic nitrogens is 15. The Kier molecular flexibility index (Phi) is 25.8. The molecule has 4 aliphatic rings. The zero-order valence-corrected chi connectivity index (χ0v) is 75.1. The van der Waals surface area contributed by atoms with Crippen molar-refractivity contribution >= 4 is 74.1 Å². The van der Waals surface area contributed by atoms with Crippen LogP contribution in [-0.2, 0) is 110 Å². The first-order valence-electron chi connectivity index (χ1n) is 42.1. The van der Waals surface area contributed by atoms with Crippen LogP contribution in [0.25, 0.3) is 79.2 Å². The first-order valence-corrected chi connectivity index (χ1v) is 45.3. The number of nitrogens with zero attached hydrogens (tertiary/aromatic N) is 19. The molecule has 2 N–H and O–H groups in total. The molecule has 0 saturated heterocycles. The predicted molar refractivity (Wildman–Crippen MR) is 491 cm³/mol. The van der Waals surface area contributed by atoms with Crippen molar-refractivity contribution in [1.82, 2.24) is 93.6 Å². The number of nitrogens with two attached hydrogens (primary N) is 1. The number of pyridine rings is 3. The average molecular weight is 1730 g/mol. The number of carbonyl (C=O) groups excluding carboxylic acids is 4. The van der Waals surface area contributed by atoms with Crippen LogP contribution in [0.15, 0.2) is 176 Å². The van der Waals surface area contributed by atoms with Crippen LogP contribution in [0.5, 0.6) is 0 Å². The van der Waals surface area contributed by atoms with Gasteiger partial charge in [-0.1, -0.05) is 123 Å². The minimum absolute atomic E-state index is 0.0442. The summed E-state index contributed by atoms with van der Waals surface area (Å²) in [5.74, 6) is 0.284. The molecule has 0 radical (unpaired) electrons. The smallest absolute Gasteiger partial charge is 0.245 e. The number of thiazole rings is 4. The highest BCUT2D eigenvalue weighted by Gasteiger charge is 2.32. The van der Waals surface area contributed by atoms with Crippen LogP contribution in [0.1, 0.15) is 116 Å². The monoisotopic (exact) mass is 1720 g/mol. The summed E-state index contributed by atoms with van der Waals surface area (Å²) in [5, 5.41) is 23.0. The lowest BCUT2D eigenvalue weighted by molar-refractivity contribution is -0.133. The summed E-state index contributed by atoms with van der Waals surface area (Å²) in [4.78, 5) is 97.0. The molecule has 0 spiro atoms. The maximum atomic E-state index is 13.3. The number of carbonyl (C=O) groups is 4. The molecule has 24 nitrogen and oxygen atoms in total. The van der Waals surface area contributed by atoms with Gasteiger partial charge in [0.05, 0.1) is 104 Å². The summed E-state index contributed by atoms with van der Waals surface area (Å²) < 4.78 is 7.30. The summed E-state index contributed by atoms with van der Waals surface area (Å²) in [6.45, 7) is 28.8. The molecular weight excluding hydrogens is 1630 g/mol. The molecule has 632 valence electrons. The molecule has 0 unspecified atom stereocenters. The van der Waals surface area contributed by atoms with E-state index in [0.29, 0.717) is 50.9 Å². The van der Waals surface area contributed by atoms with E-state index in [0.717, 1.165) is 190 Å². The van der Waals surface area contributed by atoms with Crippen LogP contribution < -0.4 is 5.73 Å². The van der Waals surface area contributed by atoms with Crippen LogP contribution >= 0.6 is 45.3 Å². The number of fused-ring (bicyclic) bond motifs is 4. The number of hydrogen-bond acceptors (Lipinski definition) is 20.